The van der Waals surface area contributed by atoms with Crippen LogP contribution in [0.3, 0.4) is 0 Å². The molecule has 1 aromatic heterocycles. The summed E-state index contributed by atoms with van der Waals surface area (Å²) in [7, 11) is 1.73. The second-order valence-corrected chi connectivity index (χ2v) is 4.94. The van der Waals surface area contributed by atoms with Gasteiger partial charge in [-0.05, 0) is 50.1 Å². The summed E-state index contributed by atoms with van der Waals surface area (Å²) < 4.78 is 11.1. The van der Waals surface area contributed by atoms with Crippen molar-refractivity contribution in [2.45, 2.75) is 33.2 Å². The summed E-state index contributed by atoms with van der Waals surface area (Å²) in [5.74, 6) is 1.04. The number of methoxy groups -OCH3 is 1. The summed E-state index contributed by atoms with van der Waals surface area (Å²) in [6.45, 7) is 8.08. The molecule has 104 valence electrons. The second kappa shape index (κ2) is 6.22. The average Bonchev–Trinajstić information content (AvgIpc) is 2.74. The molecule has 2 rings (SSSR count). The van der Waals surface area contributed by atoms with Gasteiger partial charge in [-0.15, -0.1) is 0 Å². The number of aryl methyl sites for hydroxylation is 1. The van der Waals surface area contributed by atoms with Crippen LogP contribution in [-0.2, 0) is 11.2 Å². The Morgan fingerprint density at radius 1 is 1.37 bits per heavy atom. The van der Waals surface area contributed by atoms with Crippen molar-refractivity contribution in [1.29, 1.82) is 0 Å². The summed E-state index contributed by atoms with van der Waals surface area (Å²) in [4.78, 5) is 0. The number of furan rings is 1. The molecule has 1 aromatic carbocycles. The summed E-state index contributed by atoms with van der Waals surface area (Å²) >= 11 is 0. The maximum Gasteiger partial charge on any atom is 0.134 e. The molecule has 0 radical (unpaired) electrons. The van der Waals surface area contributed by atoms with Gasteiger partial charge in [0.25, 0.3) is 0 Å². The Morgan fingerprint density at radius 3 is 2.84 bits per heavy atom. The van der Waals surface area contributed by atoms with Crippen LogP contribution in [0.1, 0.15) is 36.8 Å². The molecule has 1 unspecified atom stereocenters. The highest BCUT2D eigenvalue weighted by Gasteiger charge is 2.15. The highest BCUT2D eigenvalue weighted by Crippen LogP contribution is 2.30. The lowest BCUT2D eigenvalue weighted by atomic mass is 10.1. The predicted molar refractivity (Wildman–Crippen MR) is 78.6 cm³/mol. The molecule has 0 saturated carbocycles. The van der Waals surface area contributed by atoms with E-state index < -0.39 is 0 Å². The predicted octanol–water partition coefficient (Wildman–Crippen LogP) is 3.60. The maximum absolute atomic E-state index is 5.98. The topological polar surface area (TPSA) is 34.4 Å². The van der Waals surface area contributed by atoms with E-state index in [1.54, 1.807) is 7.11 Å². The molecule has 1 heterocycles. The second-order valence-electron chi connectivity index (χ2n) is 4.94. The minimum absolute atomic E-state index is 0.250. The Bertz CT molecular complexity index is 545. The van der Waals surface area contributed by atoms with Crippen molar-refractivity contribution in [2.24, 2.45) is 0 Å². The van der Waals surface area contributed by atoms with E-state index in [2.05, 4.69) is 44.3 Å². The maximum atomic E-state index is 5.98. The van der Waals surface area contributed by atoms with Gasteiger partial charge in [-0.2, -0.15) is 0 Å². The summed E-state index contributed by atoms with van der Waals surface area (Å²) in [5.41, 5.74) is 3.50. The standard InChI is InChI=1S/C16H23NO2/c1-5-17-12(3)16-11(2)14-10-13(8-9-18-4)6-7-15(14)19-16/h6-7,10,12,17H,5,8-9H2,1-4H3. The fourth-order valence-electron chi connectivity index (χ4n) is 2.47. The van der Waals surface area contributed by atoms with E-state index in [0.29, 0.717) is 0 Å². The van der Waals surface area contributed by atoms with E-state index in [1.807, 2.05) is 0 Å². The first-order chi connectivity index (χ1) is 9.17. The van der Waals surface area contributed by atoms with Crippen molar-refractivity contribution in [3.63, 3.8) is 0 Å². The van der Waals surface area contributed by atoms with E-state index in [4.69, 9.17) is 9.15 Å². The smallest absolute Gasteiger partial charge is 0.134 e. The lowest BCUT2D eigenvalue weighted by Crippen LogP contribution is -2.17. The summed E-state index contributed by atoms with van der Waals surface area (Å²) in [5, 5.41) is 4.61. The van der Waals surface area contributed by atoms with E-state index in [9.17, 15) is 0 Å². The fraction of sp³-hybridized carbons (Fsp3) is 0.500. The Hall–Kier alpha value is -1.32. The number of rotatable bonds is 6. The van der Waals surface area contributed by atoms with Gasteiger partial charge in [0.05, 0.1) is 12.6 Å². The van der Waals surface area contributed by atoms with Crippen molar-refractivity contribution in [3.05, 3.63) is 35.1 Å². The van der Waals surface area contributed by atoms with Crippen LogP contribution in [0.2, 0.25) is 0 Å². The summed E-state index contributed by atoms with van der Waals surface area (Å²) in [6, 6.07) is 6.65. The zero-order valence-corrected chi connectivity index (χ0v) is 12.2. The Kier molecular flexibility index (Phi) is 4.61. The third-order valence-corrected chi connectivity index (χ3v) is 3.54. The molecule has 3 nitrogen and oxygen atoms in total. The number of hydrogen-bond donors (Lipinski definition) is 1. The molecule has 19 heavy (non-hydrogen) atoms. The first-order valence-corrected chi connectivity index (χ1v) is 6.91. The monoisotopic (exact) mass is 261 g/mol. The Labute approximate surface area is 114 Å². The molecular weight excluding hydrogens is 238 g/mol. The first kappa shape index (κ1) is 14.1. The summed E-state index contributed by atoms with van der Waals surface area (Å²) in [6.07, 6.45) is 0.940. The molecular formula is C16H23NO2. The number of ether oxygens (including phenoxy) is 1. The van der Waals surface area contributed by atoms with E-state index >= 15 is 0 Å². The van der Waals surface area contributed by atoms with Crippen molar-refractivity contribution >= 4 is 11.0 Å². The van der Waals surface area contributed by atoms with Gasteiger partial charge in [-0.25, -0.2) is 0 Å². The highest BCUT2D eigenvalue weighted by atomic mass is 16.5. The number of nitrogens with one attached hydrogen (secondary N) is 1. The van der Waals surface area contributed by atoms with Gasteiger partial charge in [0.15, 0.2) is 0 Å². The molecule has 1 atom stereocenters. The van der Waals surface area contributed by atoms with E-state index in [-0.39, 0.29) is 6.04 Å². The molecule has 0 fully saturated rings. The lowest BCUT2D eigenvalue weighted by Gasteiger charge is -2.09. The molecule has 0 amide bonds. The number of hydrogen-bond acceptors (Lipinski definition) is 3. The quantitative estimate of drug-likeness (QED) is 0.862. The molecule has 0 aliphatic carbocycles. The van der Waals surface area contributed by atoms with Gasteiger partial charge >= 0.3 is 0 Å². The number of benzene rings is 1. The van der Waals surface area contributed by atoms with Crippen molar-refractivity contribution in [1.82, 2.24) is 5.32 Å². The SMILES string of the molecule is CCNC(C)c1oc2ccc(CCOC)cc2c1C. The molecule has 0 aliphatic heterocycles. The van der Waals surface area contributed by atoms with E-state index in [0.717, 1.165) is 30.9 Å². The van der Waals surface area contributed by atoms with Crippen LogP contribution in [0.15, 0.2) is 22.6 Å². The minimum atomic E-state index is 0.250. The zero-order chi connectivity index (χ0) is 13.8. The van der Waals surface area contributed by atoms with Crippen LogP contribution in [0.25, 0.3) is 11.0 Å². The molecule has 1 N–H and O–H groups in total. The van der Waals surface area contributed by atoms with Crippen LogP contribution in [-0.4, -0.2) is 20.3 Å². The minimum Gasteiger partial charge on any atom is -0.459 e. The van der Waals surface area contributed by atoms with Crippen LogP contribution < -0.4 is 5.32 Å². The van der Waals surface area contributed by atoms with Gasteiger partial charge in [0, 0.05) is 12.5 Å². The highest BCUT2D eigenvalue weighted by molar-refractivity contribution is 5.82. The molecule has 0 spiro atoms. The lowest BCUT2D eigenvalue weighted by molar-refractivity contribution is 0.202. The molecule has 0 aliphatic rings. The Morgan fingerprint density at radius 2 is 2.16 bits per heavy atom. The van der Waals surface area contributed by atoms with Crippen LogP contribution in [0, 0.1) is 6.92 Å². The van der Waals surface area contributed by atoms with Gasteiger partial charge in [-0.3, -0.25) is 0 Å². The van der Waals surface area contributed by atoms with Crippen molar-refractivity contribution in [2.75, 3.05) is 20.3 Å². The molecule has 2 aromatic rings. The average molecular weight is 261 g/mol. The fourth-order valence-corrected chi connectivity index (χ4v) is 2.47. The van der Waals surface area contributed by atoms with Gasteiger partial charge in [0.1, 0.15) is 11.3 Å². The van der Waals surface area contributed by atoms with Crippen molar-refractivity contribution in [3.8, 4) is 0 Å². The van der Waals surface area contributed by atoms with Gasteiger partial charge in [0.2, 0.25) is 0 Å². The largest absolute Gasteiger partial charge is 0.459 e. The van der Waals surface area contributed by atoms with Gasteiger partial charge in [-0.1, -0.05) is 13.0 Å². The molecule has 3 heteroatoms. The third kappa shape index (κ3) is 2.99. The zero-order valence-electron chi connectivity index (χ0n) is 12.2. The van der Waals surface area contributed by atoms with Gasteiger partial charge < -0.3 is 14.5 Å². The molecule has 0 bridgehead atoms. The van der Waals surface area contributed by atoms with Crippen LogP contribution >= 0.6 is 0 Å². The normalized spacial score (nSPS) is 13.1. The first-order valence-electron chi connectivity index (χ1n) is 6.91. The van der Waals surface area contributed by atoms with Crippen molar-refractivity contribution < 1.29 is 9.15 Å². The number of fused-ring (bicyclic) bond motifs is 1. The Balaban J connectivity index is 2.34. The van der Waals surface area contributed by atoms with Crippen LogP contribution in [0.5, 0.6) is 0 Å². The molecule has 0 saturated heterocycles. The van der Waals surface area contributed by atoms with Crippen LogP contribution in [0.4, 0.5) is 0 Å². The third-order valence-electron chi connectivity index (χ3n) is 3.54. The van der Waals surface area contributed by atoms with E-state index in [1.165, 1.54) is 16.5 Å².